The number of rotatable bonds is 2. The van der Waals surface area contributed by atoms with E-state index in [4.69, 9.17) is 18.0 Å². The van der Waals surface area contributed by atoms with Crippen molar-refractivity contribution in [2.45, 2.75) is 6.42 Å². The van der Waals surface area contributed by atoms with Crippen LogP contribution in [0, 0.1) is 12.3 Å². The number of carbonyl (C=O) groups excluding carboxylic acids is 1. The van der Waals surface area contributed by atoms with Crippen molar-refractivity contribution in [2.75, 3.05) is 0 Å². The van der Waals surface area contributed by atoms with Crippen molar-refractivity contribution in [3.8, 4) is 12.3 Å². The fourth-order valence-electron chi connectivity index (χ4n) is 0.866. The molecule has 1 nitrogen and oxygen atoms in total. The largest absolute Gasteiger partial charge is 0.285 e. The number of terminal acetylenes is 1. The lowest BCUT2D eigenvalue weighted by Gasteiger charge is -1.98. The first-order chi connectivity index (χ1) is 5.74. The zero-order valence-electron chi connectivity index (χ0n) is 6.38. The van der Waals surface area contributed by atoms with Crippen molar-refractivity contribution in [3.63, 3.8) is 0 Å². The van der Waals surface area contributed by atoms with E-state index in [-0.39, 0.29) is 12.2 Å². The maximum absolute atomic E-state index is 10.8. The molecule has 0 aliphatic rings. The quantitative estimate of drug-likeness (QED) is 0.501. The molecular weight excluding hydrogens is 172 g/mol. The maximum Gasteiger partial charge on any atom is 0.209 e. The minimum Gasteiger partial charge on any atom is -0.285 e. The number of benzene rings is 1. The zero-order chi connectivity index (χ0) is 8.97. The Labute approximate surface area is 76.4 Å². The fourth-order valence-corrected chi connectivity index (χ4v) is 1.07. The van der Waals surface area contributed by atoms with Crippen LogP contribution in [0.15, 0.2) is 24.3 Å². The van der Waals surface area contributed by atoms with Crippen LogP contribution in [0.2, 0.25) is 5.02 Å². The van der Waals surface area contributed by atoms with E-state index in [2.05, 4.69) is 0 Å². The third-order valence-electron chi connectivity index (χ3n) is 1.47. The van der Waals surface area contributed by atoms with Gasteiger partial charge in [0.2, 0.25) is 5.78 Å². The van der Waals surface area contributed by atoms with Gasteiger partial charge in [0.1, 0.15) is 0 Å². The molecule has 0 heterocycles. The van der Waals surface area contributed by atoms with Crippen LogP contribution in [-0.2, 0) is 11.2 Å². The first kappa shape index (κ1) is 8.83. The lowest BCUT2D eigenvalue weighted by molar-refractivity contribution is -0.113. The van der Waals surface area contributed by atoms with Crippen LogP contribution in [-0.4, -0.2) is 5.78 Å². The van der Waals surface area contributed by atoms with Crippen molar-refractivity contribution in [1.29, 1.82) is 0 Å². The van der Waals surface area contributed by atoms with E-state index in [1.165, 1.54) is 0 Å². The molecule has 0 amide bonds. The van der Waals surface area contributed by atoms with E-state index in [1.807, 2.05) is 18.1 Å². The number of hydrogen-bond acceptors (Lipinski definition) is 1. The molecule has 0 N–H and O–H groups in total. The highest BCUT2D eigenvalue weighted by Crippen LogP contribution is 2.15. The Bertz CT molecular complexity index is 336. The summed E-state index contributed by atoms with van der Waals surface area (Å²) in [6.07, 6.45) is 5.15. The van der Waals surface area contributed by atoms with Gasteiger partial charge in [0.05, 0.1) is 0 Å². The third kappa shape index (κ3) is 2.11. The first-order valence-electron chi connectivity index (χ1n) is 3.47. The first-order valence-corrected chi connectivity index (χ1v) is 3.84. The summed E-state index contributed by atoms with van der Waals surface area (Å²) in [4.78, 5) is 10.8. The second kappa shape index (κ2) is 3.94. The summed E-state index contributed by atoms with van der Waals surface area (Å²) in [6, 6.07) is 7.16. The van der Waals surface area contributed by atoms with E-state index in [0.717, 1.165) is 5.56 Å². The van der Waals surface area contributed by atoms with E-state index in [1.54, 1.807) is 12.1 Å². The molecule has 0 spiro atoms. The molecule has 1 aromatic rings. The molecule has 0 saturated carbocycles. The predicted octanol–water partition coefficient (Wildman–Crippen LogP) is 2.08. The summed E-state index contributed by atoms with van der Waals surface area (Å²) in [5, 5.41) is 0.584. The minimum absolute atomic E-state index is 0.218. The predicted molar refractivity (Wildman–Crippen MR) is 49.0 cm³/mol. The second-order valence-corrected chi connectivity index (χ2v) is 2.74. The normalized spacial score (nSPS) is 9.00. The van der Waals surface area contributed by atoms with E-state index < -0.39 is 0 Å². The fraction of sp³-hybridized carbons (Fsp3) is 0.100. The number of hydrogen-bond donors (Lipinski definition) is 0. The van der Waals surface area contributed by atoms with E-state index >= 15 is 0 Å². The Kier molecular flexibility index (Phi) is 2.90. The molecule has 0 unspecified atom stereocenters. The highest BCUT2D eigenvalue weighted by atomic mass is 35.5. The van der Waals surface area contributed by atoms with Gasteiger partial charge in [-0.2, -0.15) is 0 Å². The molecule has 12 heavy (non-hydrogen) atoms. The Morgan fingerprint density at radius 2 is 2.17 bits per heavy atom. The van der Waals surface area contributed by atoms with Crippen LogP contribution >= 0.6 is 11.6 Å². The van der Waals surface area contributed by atoms with Crippen molar-refractivity contribution in [1.82, 2.24) is 0 Å². The van der Waals surface area contributed by atoms with Gasteiger partial charge in [-0.25, -0.2) is 0 Å². The van der Waals surface area contributed by atoms with Crippen LogP contribution < -0.4 is 0 Å². The third-order valence-corrected chi connectivity index (χ3v) is 1.84. The summed E-state index contributed by atoms with van der Waals surface area (Å²) < 4.78 is 0. The van der Waals surface area contributed by atoms with E-state index in [0.29, 0.717) is 5.02 Å². The number of Topliss-reactive ketones (excluding diaryl/α,β-unsaturated/α-hetero) is 1. The number of halogens is 1. The summed E-state index contributed by atoms with van der Waals surface area (Å²) >= 11 is 5.80. The van der Waals surface area contributed by atoms with Gasteiger partial charge in [0, 0.05) is 11.4 Å². The van der Waals surface area contributed by atoms with Crippen molar-refractivity contribution in [2.24, 2.45) is 0 Å². The van der Waals surface area contributed by atoms with Gasteiger partial charge < -0.3 is 0 Å². The van der Waals surface area contributed by atoms with Gasteiger partial charge >= 0.3 is 0 Å². The molecule has 0 aliphatic carbocycles. The van der Waals surface area contributed by atoms with Crippen LogP contribution in [0.5, 0.6) is 0 Å². The van der Waals surface area contributed by atoms with Crippen molar-refractivity contribution >= 4 is 17.4 Å². The Morgan fingerprint density at radius 3 is 2.75 bits per heavy atom. The Balaban J connectivity index is 2.84. The van der Waals surface area contributed by atoms with Crippen LogP contribution in [0.25, 0.3) is 0 Å². The van der Waals surface area contributed by atoms with Gasteiger partial charge in [-0.1, -0.05) is 29.8 Å². The molecule has 1 rings (SSSR count). The monoisotopic (exact) mass is 178 g/mol. The Hall–Kier alpha value is -1.26. The molecule has 0 atom stereocenters. The standard InChI is InChI=1S/C10H7ClO/c1-2-9(12)7-8-5-3-4-6-10(8)11/h1,3-6H,7H2. The molecule has 0 saturated heterocycles. The summed E-state index contributed by atoms with van der Waals surface area (Å²) in [7, 11) is 0. The number of carbonyl (C=O) groups is 1. The summed E-state index contributed by atoms with van der Waals surface area (Å²) in [6.45, 7) is 0. The molecule has 1 aromatic carbocycles. The second-order valence-electron chi connectivity index (χ2n) is 2.34. The molecule has 0 fully saturated rings. The van der Waals surface area contributed by atoms with E-state index in [9.17, 15) is 4.79 Å². The molecule has 60 valence electrons. The molecule has 0 aliphatic heterocycles. The zero-order valence-corrected chi connectivity index (χ0v) is 7.14. The summed E-state index contributed by atoms with van der Waals surface area (Å²) in [5.74, 6) is 1.80. The van der Waals surface area contributed by atoms with Crippen LogP contribution in [0.4, 0.5) is 0 Å². The number of ketones is 1. The molecule has 0 bridgehead atoms. The minimum atomic E-state index is -0.247. The van der Waals surface area contributed by atoms with Gasteiger partial charge in [0.25, 0.3) is 0 Å². The molecule has 0 radical (unpaired) electrons. The molecule has 0 aromatic heterocycles. The Morgan fingerprint density at radius 1 is 1.50 bits per heavy atom. The highest BCUT2D eigenvalue weighted by Gasteiger charge is 2.02. The SMILES string of the molecule is C#CC(=O)Cc1ccccc1Cl. The smallest absolute Gasteiger partial charge is 0.209 e. The topological polar surface area (TPSA) is 17.1 Å². The average Bonchev–Trinajstić information content (AvgIpc) is 2.09. The van der Waals surface area contributed by atoms with Crippen LogP contribution in [0.3, 0.4) is 0 Å². The van der Waals surface area contributed by atoms with Gasteiger partial charge in [0.15, 0.2) is 0 Å². The van der Waals surface area contributed by atoms with Crippen molar-refractivity contribution < 1.29 is 4.79 Å². The average molecular weight is 179 g/mol. The molecule has 2 heteroatoms. The summed E-state index contributed by atoms with van der Waals surface area (Å²) in [5.41, 5.74) is 0.780. The van der Waals surface area contributed by atoms with Gasteiger partial charge in [-0.05, 0) is 17.6 Å². The van der Waals surface area contributed by atoms with Crippen molar-refractivity contribution in [3.05, 3.63) is 34.9 Å². The van der Waals surface area contributed by atoms with Gasteiger partial charge in [-0.15, -0.1) is 6.42 Å². The lowest BCUT2D eigenvalue weighted by atomic mass is 10.1. The maximum atomic E-state index is 10.8. The molecular formula is C10H7ClO. The van der Waals surface area contributed by atoms with Crippen LogP contribution in [0.1, 0.15) is 5.56 Å². The van der Waals surface area contributed by atoms with Gasteiger partial charge in [-0.3, -0.25) is 4.79 Å². The highest BCUT2D eigenvalue weighted by molar-refractivity contribution is 6.31. The lowest BCUT2D eigenvalue weighted by Crippen LogP contribution is -1.98.